The molecule has 1 N–H and O–H groups in total. The van der Waals surface area contributed by atoms with Gasteiger partial charge in [0.1, 0.15) is 11.1 Å². The molecule has 21 heavy (non-hydrogen) atoms. The number of piperazine rings is 1. The summed E-state index contributed by atoms with van der Waals surface area (Å²) >= 11 is 0. The van der Waals surface area contributed by atoms with Crippen molar-refractivity contribution in [3.63, 3.8) is 0 Å². The van der Waals surface area contributed by atoms with Gasteiger partial charge >= 0.3 is 0 Å². The average Bonchev–Trinajstić information content (AvgIpc) is 2.73. The summed E-state index contributed by atoms with van der Waals surface area (Å²) in [5, 5.41) is 7.19. The number of rotatable bonds is 3. The van der Waals surface area contributed by atoms with Crippen LogP contribution in [0.25, 0.3) is 0 Å². The Hall–Kier alpha value is -1.85. The van der Waals surface area contributed by atoms with Crippen molar-refractivity contribution in [2.75, 3.05) is 0 Å². The van der Waals surface area contributed by atoms with E-state index in [0.717, 1.165) is 17.8 Å². The quantitative estimate of drug-likeness (QED) is 0.903. The van der Waals surface area contributed by atoms with Gasteiger partial charge in [-0.15, -0.1) is 0 Å². The van der Waals surface area contributed by atoms with Crippen molar-refractivity contribution in [2.24, 2.45) is 7.05 Å². The normalized spacial score (nSPS) is 20.6. The third-order valence-corrected chi connectivity index (χ3v) is 4.15. The highest BCUT2D eigenvalue weighted by Gasteiger charge is 2.50. The van der Waals surface area contributed by atoms with Crippen LogP contribution >= 0.6 is 0 Å². The molecule has 1 fully saturated rings. The molecule has 2 amide bonds. The molecule has 0 unspecified atom stereocenters. The number of nitrogens with one attached hydrogen (secondary N) is 1. The number of carbonyl (C=O) groups excluding carboxylic acids is 2. The summed E-state index contributed by atoms with van der Waals surface area (Å²) in [5.41, 5.74) is 0.166. The first-order chi connectivity index (χ1) is 9.59. The Morgan fingerprint density at radius 3 is 2.38 bits per heavy atom. The second-order valence-corrected chi connectivity index (χ2v) is 6.63. The van der Waals surface area contributed by atoms with E-state index < -0.39 is 11.1 Å². The average molecular weight is 292 g/mol. The number of amides is 2. The first-order valence-corrected chi connectivity index (χ1v) is 7.26. The maximum atomic E-state index is 12.7. The maximum absolute atomic E-state index is 12.7. The van der Waals surface area contributed by atoms with Crippen LogP contribution < -0.4 is 5.32 Å². The van der Waals surface area contributed by atoms with Gasteiger partial charge in [0.05, 0.1) is 17.9 Å². The fraction of sp³-hybridized carbons (Fsp3) is 0.667. The molecule has 1 aromatic rings. The van der Waals surface area contributed by atoms with Gasteiger partial charge in [-0.05, 0) is 40.2 Å². The third kappa shape index (κ3) is 2.54. The lowest BCUT2D eigenvalue weighted by atomic mass is 9.89. The van der Waals surface area contributed by atoms with Gasteiger partial charge in [-0.25, -0.2) is 0 Å². The van der Waals surface area contributed by atoms with Gasteiger partial charge in [-0.2, -0.15) is 5.10 Å². The monoisotopic (exact) mass is 292 g/mol. The summed E-state index contributed by atoms with van der Waals surface area (Å²) in [7, 11) is 1.86. The molecular formula is C15H24N4O2. The van der Waals surface area contributed by atoms with E-state index in [1.165, 1.54) is 0 Å². The van der Waals surface area contributed by atoms with Crippen LogP contribution in [0, 0.1) is 0 Å². The Morgan fingerprint density at radius 2 is 1.86 bits per heavy atom. The van der Waals surface area contributed by atoms with Crippen LogP contribution in [-0.4, -0.2) is 37.6 Å². The van der Waals surface area contributed by atoms with Crippen LogP contribution in [-0.2, 0) is 29.6 Å². The van der Waals surface area contributed by atoms with Gasteiger partial charge < -0.3 is 10.2 Å². The lowest BCUT2D eigenvalue weighted by Gasteiger charge is -2.47. The summed E-state index contributed by atoms with van der Waals surface area (Å²) < 4.78 is 1.78. The minimum atomic E-state index is -0.876. The third-order valence-electron chi connectivity index (χ3n) is 4.15. The molecule has 0 radical (unpaired) electrons. The Bertz CT molecular complexity index is 586. The second-order valence-electron chi connectivity index (χ2n) is 6.63. The predicted molar refractivity (Wildman–Crippen MR) is 79.4 cm³/mol. The van der Waals surface area contributed by atoms with Gasteiger partial charge in [-0.3, -0.25) is 14.3 Å². The van der Waals surface area contributed by atoms with Crippen LogP contribution in [0.15, 0.2) is 6.07 Å². The highest BCUT2D eigenvalue weighted by Crippen LogP contribution is 2.27. The van der Waals surface area contributed by atoms with Gasteiger partial charge in [0.15, 0.2) is 0 Å². The van der Waals surface area contributed by atoms with Crippen LogP contribution in [0.1, 0.15) is 46.0 Å². The topological polar surface area (TPSA) is 67.2 Å². The van der Waals surface area contributed by atoms with E-state index in [1.54, 1.807) is 37.3 Å². The zero-order chi connectivity index (χ0) is 16.0. The molecule has 0 aliphatic carbocycles. The van der Waals surface area contributed by atoms with E-state index in [1.807, 2.05) is 20.0 Å². The van der Waals surface area contributed by atoms with Crippen molar-refractivity contribution >= 4 is 11.8 Å². The number of nitrogens with zero attached hydrogens (tertiary/aromatic N) is 3. The van der Waals surface area contributed by atoms with Crippen molar-refractivity contribution < 1.29 is 9.59 Å². The molecule has 1 aliphatic rings. The molecule has 2 heterocycles. The van der Waals surface area contributed by atoms with Gasteiger partial charge in [-0.1, -0.05) is 6.92 Å². The minimum absolute atomic E-state index is 0.0775. The highest BCUT2D eigenvalue weighted by atomic mass is 16.2. The van der Waals surface area contributed by atoms with E-state index in [9.17, 15) is 9.59 Å². The number of aromatic nitrogens is 2. The molecule has 1 aliphatic heterocycles. The SMILES string of the molecule is CCc1cc(CN2C(=O)C(C)(C)NC(=O)C2(C)C)n(C)n1. The van der Waals surface area contributed by atoms with Crippen LogP contribution in [0.3, 0.4) is 0 Å². The Labute approximate surface area is 125 Å². The Kier molecular flexibility index (Phi) is 3.59. The molecular weight excluding hydrogens is 268 g/mol. The predicted octanol–water partition coefficient (Wildman–Crippen LogP) is 0.998. The van der Waals surface area contributed by atoms with Gasteiger partial charge in [0, 0.05) is 7.05 Å². The smallest absolute Gasteiger partial charge is 0.248 e. The lowest BCUT2D eigenvalue weighted by Crippen LogP contribution is -2.71. The van der Waals surface area contributed by atoms with E-state index in [-0.39, 0.29) is 11.8 Å². The van der Waals surface area contributed by atoms with E-state index in [0.29, 0.717) is 6.54 Å². The molecule has 0 spiro atoms. The van der Waals surface area contributed by atoms with E-state index in [2.05, 4.69) is 10.4 Å². The molecule has 116 valence electrons. The summed E-state index contributed by atoms with van der Waals surface area (Å²) in [4.78, 5) is 26.6. The van der Waals surface area contributed by atoms with Crippen molar-refractivity contribution in [1.82, 2.24) is 20.0 Å². The van der Waals surface area contributed by atoms with Crippen LogP contribution in [0.2, 0.25) is 0 Å². The first-order valence-electron chi connectivity index (χ1n) is 7.26. The molecule has 0 bridgehead atoms. The van der Waals surface area contributed by atoms with Crippen molar-refractivity contribution in [3.8, 4) is 0 Å². The van der Waals surface area contributed by atoms with Gasteiger partial charge in [0.2, 0.25) is 11.8 Å². The molecule has 6 heteroatoms. The number of carbonyl (C=O) groups is 2. The molecule has 6 nitrogen and oxygen atoms in total. The largest absolute Gasteiger partial charge is 0.340 e. The summed E-state index contributed by atoms with van der Waals surface area (Å²) in [6.07, 6.45) is 0.844. The molecule has 2 rings (SSSR count). The molecule has 1 aromatic heterocycles. The standard InChI is InChI=1S/C15H24N4O2/c1-7-10-8-11(18(6)17-10)9-19-13(21)14(2,3)16-12(20)15(19,4)5/h8H,7,9H2,1-6H3,(H,16,20). The molecule has 0 saturated carbocycles. The summed E-state index contributed by atoms with van der Waals surface area (Å²) in [5.74, 6) is -0.212. The minimum Gasteiger partial charge on any atom is -0.340 e. The Morgan fingerprint density at radius 1 is 1.24 bits per heavy atom. The van der Waals surface area contributed by atoms with E-state index in [4.69, 9.17) is 0 Å². The lowest BCUT2D eigenvalue weighted by molar-refractivity contribution is -0.160. The zero-order valence-electron chi connectivity index (χ0n) is 13.6. The maximum Gasteiger partial charge on any atom is 0.248 e. The van der Waals surface area contributed by atoms with Crippen LogP contribution in [0.4, 0.5) is 0 Å². The van der Waals surface area contributed by atoms with E-state index >= 15 is 0 Å². The van der Waals surface area contributed by atoms with Crippen LogP contribution in [0.5, 0.6) is 0 Å². The second kappa shape index (κ2) is 4.86. The highest BCUT2D eigenvalue weighted by molar-refractivity contribution is 6.01. The van der Waals surface area contributed by atoms with Crippen molar-refractivity contribution in [1.29, 1.82) is 0 Å². The fourth-order valence-corrected chi connectivity index (χ4v) is 2.53. The number of hydrogen-bond acceptors (Lipinski definition) is 3. The first kappa shape index (κ1) is 15.5. The summed E-state index contributed by atoms with van der Waals surface area (Å²) in [6, 6.07) is 1.99. The Balaban J connectivity index is 2.36. The fourth-order valence-electron chi connectivity index (χ4n) is 2.53. The number of hydrogen-bond donors (Lipinski definition) is 1. The van der Waals surface area contributed by atoms with Crippen molar-refractivity contribution in [2.45, 2.75) is 58.7 Å². The summed E-state index contributed by atoms with van der Waals surface area (Å²) in [6.45, 7) is 9.43. The van der Waals surface area contributed by atoms with Crippen molar-refractivity contribution in [3.05, 3.63) is 17.5 Å². The zero-order valence-corrected chi connectivity index (χ0v) is 13.6. The number of aryl methyl sites for hydroxylation is 2. The molecule has 1 saturated heterocycles. The molecule has 0 atom stereocenters. The molecule has 0 aromatic carbocycles. The van der Waals surface area contributed by atoms with Gasteiger partial charge in [0.25, 0.3) is 0 Å².